The largest absolute Gasteiger partial charge is 0.421 e. The summed E-state index contributed by atoms with van der Waals surface area (Å²) in [5, 5.41) is 0.639. The molecule has 1 aliphatic heterocycles. The molecular weight excluding hydrogens is 348 g/mol. The van der Waals surface area contributed by atoms with Gasteiger partial charge in [0.05, 0.1) is 6.10 Å². The highest BCUT2D eigenvalue weighted by Crippen LogP contribution is 2.40. The van der Waals surface area contributed by atoms with Gasteiger partial charge in [-0.3, -0.25) is 0 Å². The van der Waals surface area contributed by atoms with Crippen LogP contribution in [0.1, 0.15) is 48.7 Å². The monoisotopic (exact) mass is 364 g/mol. The lowest BCUT2D eigenvalue weighted by atomic mass is 9.90. The molecule has 4 nitrogen and oxygen atoms in total. The third-order valence-corrected chi connectivity index (χ3v) is 5.38. The molecule has 6 heteroatoms. The number of rotatable bonds is 2. The van der Waals surface area contributed by atoms with E-state index in [2.05, 4.69) is 0 Å². The number of halogens is 1. The van der Waals surface area contributed by atoms with E-state index in [9.17, 15) is 4.79 Å². The number of benzene rings is 1. The molecule has 4 rings (SSSR count). The van der Waals surface area contributed by atoms with Crippen LogP contribution < -0.4 is 5.63 Å². The van der Waals surface area contributed by atoms with Crippen LogP contribution in [0, 0.1) is 10.8 Å². The minimum absolute atomic E-state index is 0.0284. The van der Waals surface area contributed by atoms with E-state index in [1.807, 2.05) is 12.1 Å². The predicted molar refractivity (Wildman–Crippen MR) is 91.9 cm³/mol. The molecule has 1 aromatic heterocycles. The fraction of sp³-hybridized carbons (Fsp3) is 0.444. The van der Waals surface area contributed by atoms with Crippen LogP contribution in [-0.4, -0.2) is 6.10 Å². The molecule has 0 N–H and O–H groups in total. The van der Waals surface area contributed by atoms with Crippen molar-refractivity contribution in [2.75, 3.05) is 0 Å². The summed E-state index contributed by atoms with van der Waals surface area (Å²) >= 11 is 10.9. The summed E-state index contributed by atoms with van der Waals surface area (Å²) in [7, 11) is 0. The zero-order valence-electron chi connectivity index (χ0n) is 13.0. The first-order valence-electron chi connectivity index (χ1n) is 8.20. The van der Waals surface area contributed by atoms with Gasteiger partial charge in [-0.1, -0.05) is 36.6 Å². The van der Waals surface area contributed by atoms with Crippen LogP contribution in [0.5, 0.6) is 0 Å². The molecule has 2 heterocycles. The molecule has 1 fully saturated rings. The highest BCUT2D eigenvalue weighted by atomic mass is 35.5. The maximum Gasteiger partial charge on any atom is 0.365 e. The van der Waals surface area contributed by atoms with Gasteiger partial charge in [0.15, 0.2) is 0 Å². The van der Waals surface area contributed by atoms with Crippen LogP contribution in [-0.2, 0) is 11.2 Å². The Morgan fingerprint density at radius 2 is 1.79 bits per heavy atom. The highest BCUT2D eigenvalue weighted by molar-refractivity contribution is 7.71. The van der Waals surface area contributed by atoms with Crippen molar-refractivity contribution in [1.82, 2.24) is 0 Å². The lowest BCUT2D eigenvalue weighted by Crippen LogP contribution is -2.35. The van der Waals surface area contributed by atoms with Crippen molar-refractivity contribution in [2.45, 2.75) is 44.3 Å². The highest BCUT2D eigenvalue weighted by Gasteiger charge is 2.38. The van der Waals surface area contributed by atoms with E-state index < -0.39 is 11.7 Å². The summed E-state index contributed by atoms with van der Waals surface area (Å²) in [5.74, 6) is 1.09. The minimum atomic E-state index is -0.507. The summed E-state index contributed by atoms with van der Waals surface area (Å²) in [6.07, 6.45) is 4.84. The van der Waals surface area contributed by atoms with Crippen molar-refractivity contribution >= 4 is 23.8 Å². The molecule has 0 bridgehead atoms. The fourth-order valence-corrected chi connectivity index (χ4v) is 4.09. The van der Waals surface area contributed by atoms with Gasteiger partial charge in [0.1, 0.15) is 17.4 Å². The Kier molecular flexibility index (Phi) is 4.33. The molecule has 2 aromatic rings. The lowest BCUT2D eigenvalue weighted by Gasteiger charge is -2.33. The van der Waals surface area contributed by atoms with Gasteiger partial charge in [-0.25, -0.2) is 4.79 Å². The third-order valence-electron chi connectivity index (χ3n) is 4.96. The zero-order valence-corrected chi connectivity index (χ0v) is 14.6. The Bertz CT molecular complexity index is 849. The molecular formula is C18H17ClO4S. The van der Waals surface area contributed by atoms with Crippen molar-refractivity contribution < 1.29 is 13.6 Å². The van der Waals surface area contributed by atoms with E-state index in [1.165, 1.54) is 12.8 Å². The van der Waals surface area contributed by atoms with Crippen LogP contribution in [0.25, 0.3) is 0 Å². The lowest BCUT2D eigenvalue weighted by molar-refractivity contribution is -0.0457. The van der Waals surface area contributed by atoms with Crippen molar-refractivity contribution in [3.05, 3.63) is 61.5 Å². The van der Waals surface area contributed by atoms with E-state index in [0.717, 1.165) is 18.4 Å². The maximum absolute atomic E-state index is 12.4. The summed E-state index contributed by atoms with van der Waals surface area (Å²) in [6.45, 7) is 0. The first kappa shape index (κ1) is 16.1. The van der Waals surface area contributed by atoms with Gasteiger partial charge >= 0.3 is 10.5 Å². The molecule has 1 aromatic carbocycles. The van der Waals surface area contributed by atoms with Crippen LogP contribution in [0.3, 0.4) is 0 Å². The molecule has 0 saturated heterocycles. The van der Waals surface area contributed by atoms with E-state index in [4.69, 9.17) is 37.4 Å². The molecule has 2 aliphatic rings. The van der Waals surface area contributed by atoms with Gasteiger partial charge in [0.25, 0.3) is 0 Å². The number of ether oxygens (including phenoxy) is 1. The van der Waals surface area contributed by atoms with Crippen molar-refractivity contribution in [3.63, 3.8) is 0 Å². The van der Waals surface area contributed by atoms with E-state index >= 15 is 0 Å². The predicted octanol–water partition coefficient (Wildman–Crippen LogP) is 4.84. The summed E-state index contributed by atoms with van der Waals surface area (Å²) in [5.41, 5.74) is 0.800. The van der Waals surface area contributed by atoms with Crippen LogP contribution in [0.2, 0.25) is 5.02 Å². The summed E-state index contributed by atoms with van der Waals surface area (Å²) < 4.78 is 16.9. The third kappa shape index (κ3) is 2.96. The second-order valence-electron chi connectivity index (χ2n) is 6.43. The molecule has 24 heavy (non-hydrogen) atoms. The van der Waals surface area contributed by atoms with E-state index in [1.54, 1.807) is 12.1 Å². The molecule has 1 aliphatic carbocycles. The Balaban J connectivity index is 1.80. The topological polar surface area (TPSA) is 52.6 Å². The number of hydrogen-bond donors (Lipinski definition) is 0. The quantitative estimate of drug-likeness (QED) is 0.714. The van der Waals surface area contributed by atoms with Gasteiger partial charge in [-0.15, -0.1) is 0 Å². The molecule has 0 radical (unpaired) electrons. The Morgan fingerprint density at radius 1 is 1.08 bits per heavy atom. The summed E-state index contributed by atoms with van der Waals surface area (Å²) in [4.78, 5) is 12.2. The van der Waals surface area contributed by atoms with Crippen molar-refractivity contribution in [2.24, 2.45) is 5.92 Å². The second kappa shape index (κ2) is 6.47. The van der Waals surface area contributed by atoms with E-state index in [-0.39, 0.29) is 11.0 Å². The van der Waals surface area contributed by atoms with Gasteiger partial charge in [-0.2, -0.15) is 0 Å². The molecule has 0 spiro atoms. The van der Waals surface area contributed by atoms with E-state index in [0.29, 0.717) is 28.7 Å². The maximum atomic E-state index is 12.4. The zero-order chi connectivity index (χ0) is 16.7. The molecule has 0 amide bonds. The average Bonchev–Trinajstić information content (AvgIpc) is 3.08. The Morgan fingerprint density at radius 3 is 2.50 bits per heavy atom. The Labute approximate surface area is 149 Å². The average molecular weight is 365 g/mol. The van der Waals surface area contributed by atoms with Gasteiger partial charge in [0, 0.05) is 23.7 Å². The number of hydrogen-bond acceptors (Lipinski definition) is 5. The van der Waals surface area contributed by atoms with Crippen molar-refractivity contribution in [3.8, 4) is 0 Å². The second-order valence-corrected chi connectivity index (χ2v) is 7.20. The normalized spacial score (nSPS) is 24.0. The molecule has 0 unspecified atom stereocenters. The van der Waals surface area contributed by atoms with Gasteiger partial charge < -0.3 is 13.6 Å². The first-order chi connectivity index (χ1) is 11.6. The summed E-state index contributed by atoms with van der Waals surface area (Å²) in [6, 6.07) is 7.32. The molecule has 1 saturated carbocycles. The minimum Gasteiger partial charge on any atom is -0.421 e. The SMILES string of the molecule is O=c1oc(=S)oc2c1[C@H](c1ccc(Cl)cc1)O[C@H](C1CCCC1)C2. The van der Waals surface area contributed by atoms with Crippen LogP contribution in [0.15, 0.2) is 37.9 Å². The molecule has 2 atom stereocenters. The fourth-order valence-electron chi connectivity index (χ4n) is 3.79. The first-order valence-corrected chi connectivity index (χ1v) is 8.98. The smallest absolute Gasteiger partial charge is 0.365 e. The van der Waals surface area contributed by atoms with Gasteiger partial charge in [0.2, 0.25) is 0 Å². The van der Waals surface area contributed by atoms with Crippen LogP contribution in [0.4, 0.5) is 0 Å². The Hall–Kier alpha value is -1.43. The van der Waals surface area contributed by atoms with Crippen LogP contribution >= 0.6 is 23.8 Å². The standard InChI is InChI=1S/C18H17ClO4S/c19-12-7-5-11(6-8-12)16-15-14(22-18(24)23-17(15)20)9-13(21-16)10-3-1-2-4-10/h5-8,10,13,16H,1-4,9H2/t13-,16-/m0/s1. The van der Waals surface area contributed by atoms with Gasteiger partial charge in [-0.05, 0) is 36.5 Å². The number of fused-ring (bicyclic) bond motifs is 1. The molecule has 126 valence electrons. The van der Waals surface area contributed by atoms with Crippen molar-refractivity contribution in [1.29, 1.82) is 0 Å².